The third-order valence-corrected chi connectivity index (χ3v) is 4.55. The Morgan fingerprint density at radius 1 is 1.25 bits per heavy atom. The third-order valence-electron chi connectivity index (χ3n) is 4.55. The summed E-state index contributed by atoms with van der Waals surface area (Å²) >= 11 is 0. The van der Waals surface area contributed by atoms with Crippen molar-refractivity contribution >= 4 is 29.9 Å². The van der Waals surface area contributed by atoms with Gasteiger partial charge in [-0.05, 0) is 43.9 Å². The minimum atomic E-state index is -0.360. The van der Waals surface area contributed by atoms with E-state index in [2.05, 4.69) is 15.2 Å². The molecule has 2 rings (SSSR count). The largest absolute Gasteiger partial charge is 0.494 e. The van der Waals surface area contributed by atoms with Gasteiger partial charge >= 0.3 is 0 Å². The number of rotatable bonds is 9. The fourth-order valence-corrected chi connectivity index (χ4v) is 3.09. The Hall–Kier alpha value is -1.13. The van der Waals surface area contributed by atoms with Gasteiger partial charge < -0.3 is 24.4 Å². The third kappa shape index (κ3) is 8.08. The Balaban J connectivity index is 0.00000392. The number of benzene rings is 1. The number of aliphatic imine (C=N–C) groups is 1. The van der Waals surface area contributed by atoms with Crippen LogP contribution in [0.25, 0.3) is 0 Å². The van der Waals surface area contributed by atoms with Crippen LogP contribution in [0.3, 0.4) is 0 Å². The van der Waals surface area contributed by atoms with E-state index in [9.17, 15) is 4.39 Å². The Morgan fingerprint density at radius 3 is 2.61 bits per heavy atom. The highest BCUT2D eigenvalue weighted by Crippen LogP contribution is 2.19. The van der Waals surface area contributed by atoms with Crippen LogP contribution in [-0.2, 0) is 16.0 Å². The van der Waals surface area contributed by atoms with E-state index in [1.165, 1.54) is 13.2 Å². The molecular weight excluding hydrogens is 476 g/mol. The predicted molar refractivity (Wildman–Crippen MR) is 120 cm³/mol. The van der Waals surface area contributed by atoms with Crippen molar-refractivity contribution in [3.8, 4) is 5.75 Å². The van der Waals surface area contributed by atoms with Crippen LogP contribution >= 0.6 is 24.0 Å². The number of ether oxygens (including phenoxy) is 3. The van der Waals surface area contributed by atoms with Gasteiger partial charge in [0.15, 0.2) is 17.5 Å². The van der Waals surface area contributed by atoms with Crippen molar-refractivity contribution in [3.63, 3.8) is 0 Å². The summed E-state index contributed by atoms with van der Waals surface area (Å²) in [4.78, 5) is 6.93. The van der Waals surface area contributed by atoms with Gasteiger partial charge in [-0.3, -0.25) is 0 Å². The Bertz CT molecular complexity index is 596. The molecule has 28 heavy (non-hydrogen) atoms. The van der Waals surface area contributed by atoms with E-state index in [4.69, 9.17) is 14.2 Å². The van der Waals surface area contributed by atoms with Gasteiger partial charge in [0, 0.05) is 40.0 Å². The molecule has 0 atom stereocenters. The molecule has 8 heteroatoms. The normalized spacial score (nSPS) is 15.3. The Morgan fingerprint density at radius 2 is 2.00 bits per heavy atom. The number of nitrogens with one attached hydrogen (secondary N) is 1. The van der Waals surface area contributed by atoms with E-state index >= 15 is 0 Å². The van der Waals surface area contributed by atoms with Crippen molar-refractivity contribution in [1.82, 2.24) is 10.2 Å². The van der Waals surface area contributed by atoms with E-state index in [0.29, 0.717) is 12.6 Å². The van der Waals surface area contributed by atoms with Crippen LogP contribution in [0.15, 0.2) is 23.2 Å². The first kappa shape index (κ1) is 24.9. The van der Waals surface area contributed by atoms with Gasteiger partial charge in [-0.15, -0.1) is 24.0 Å². The average molecular weight is 509 g/mol. The van der Waals surface area contributed by atoms with Crippen LogP contribution in [0.5, 0.6) is 5.75 Å². The molecule has 1 N–H and O–H groups in total. The minimum Gasteiger partial charge on any atom is -0.494 e. The topological polar surface area (TPSA) is 55.3 Å². The van der Waals surface area contributed by atoms with Crippen LogP contribution in [0.4, 0.5) is 4.39 Å². The van der Waals surface area contributed by atoms with E-state index in [-0.39, 0.29) is 35.5 Å². The highest BCUT2D eigenvalue weighted by Gasteiger charge is 2.21. The molecule has 6 nitrogen and oxygen atoms in total. The van der Waals surface area contributed by atoms with E-state index in [1.54, 1.807) is 13.2 Å². The minimum absolute atomic E-state index is 0. The molecule has 160 valence electrons. The van der Waals surface area contributed by atoms with Gasteiger partial charge in [0.25, 0.3) is 0 Å². The molecule has 1 fully saturated rings. The van der Waals surface area contributed by atoms with Crippen molar-refractivity contribution in [3.05, 3.63) is 29.6 Å². The zero-order chi connectivity index (χ0) is 19.5. The molecule has 0 aromatic heterocycles. The van der Waals surface area contributed by atoms with Gasteiger partial charge in [-0.25, -0.2) is 9.38 Å². The molecule has 0 saturated carbocycles. The number of guanidine groups is 1. The molecule has 1 saturated heterocycles. The van der Waals surface area contributed by atoms with Gasteiger partial charge in [-0.2, -0.15) is 0 Å². The number of nitrogens with zero attached hydrogens (tertiary/aromatic N) is 2. The second-order valence-corrected chi connectivity index (χ2v) is 6.54. The highest BCUT2D eigenvalue weighted by atomic mass is 127. The maximum Gasteiger partial charge on any atom is 0.194 e. The maximum atomic E-state index is 13.8. The first-order valence-electron chi connectivity index (χ1n) is 9.64. The first-order chi connectivity index (χ1) is 13.2. The van der Waals surface area contributed by atoms with E-state index < -0.39 is 0 Å². The highest BCUT2D eigenvalue weighted by molar-refractivity contribution is 14.0. The van der Waals surface area contributed by atoms with Crippen molar-refractivity contribution in [2.75, 3.05) is 47.1 Å². The molecule has 0 radical (unpaired) electrons. The molecule has 0 amide bonds. The van der Waals surface area contributed by atoms with Crippen molar-refractivity contribution in [1.29, 1.82) is 0 Å². The molecule has 1 aromatic rings. The average Bonchev–Trinajstić information content (AvgIpc) is 2.69. The van der Waals surface area contributed by atoms with Crippen LogP contribution < -0.4 is 10.1 Å². The lowest BCUT2D eigenvalue weighted by molar-refractivity contribution is 0.00990. The monoisotopic (exact) mass is 509 g/mol. The summed E-state index contributed by atoms with van der Waals surface area (Å²) in [6.45, 7) is 6.56. The number of hydrogen-bond acceptors (Lipinski definition) is 4. The quantitative estimate of drug-likeness (QED) is 0.239. The van der Waals surface area contributed by atoms with Gasteiger partial charge in [0.2, 0.25) is 0 Å². The number of methoxy groups -OCH3 is 2. The second-order valence-electron chi connectivity index (χ2n) is 6.54. The summed E-state index contributed by atoms with van der Waals surface area (Å²) < 4.78 is 29.8. The number of hydrogen-bond donors (Lipinski definition) is 1. The van der Waals surface area contributed by atoms with Gasteiger partial charge in [0.05, 0.1) is 19.8 Å². The van der Waals surface area contributed by atoms with E-state index in [1.807, 2.05) is 13.0 Å². The van der Waals surface area contributed by atoms with Crippen molar-refractivity contribution in [2.24, 2.45) is 4.99 Å². The molecule has 1 aromatic carbocycles. The summed E-state index contributed by atoms with van der Waals surface area (Å²) in [6.07, 6.45) is 3.19. The molecule has 0 unspecified atom stereocenters. The lowest BCUT2D eigenvalue weighted by Gasteiger charge is -2.34. The van der Waals surface area contributed by atoms with Crippen LogP contribution in [0.1, 0.15) is 31.7 Å². The smallest absolute Gasteiger partial charge is 0.194 e. The number of piperidine rings is 1. The predicted octanol–water partition coefficient (Wildman–Crippen LogP) is 3.44. The molecule has 1 heterocycles. The van der Waals surface area contributed by atoms with Crippen molar-refractivity contribution in [2.45, 2.75) is 38.8 Å². The van der Waals surface area contributed by atoms with Crippen LogP contribution in [0.2, 0.25) is 0 Å². The maximum absolute atomic E-state index is 13.8. The molecule has 0 spiro atoms. The molecular formula is C20H33FIN3O3. The summed E-state index contributed by atoms with van der Waals surface area (Å²) in [5.74, 6) is 0.760. The Kier molecular flexibility index (Phi) is 12.4. The first-order valence-corrected chi connectivity index (χ1v) is 9.64. The summed E-state index contributed by atoms with van der Waals surface area (Å²) in [5.41, 5.74) is 0.820. The zero-order valence-corrected chi connectivity index (χ0v) is 19.4. The molecule has 0 aliphatic carbocycles. The van der Waals surface area contributed by atoms with E-state index in [0.717, 1.165) is 63.6 Å². The number of halogens is 2. The standard InChI is InChI=1S/C20H32FN3O3.HI/c1-4-22-20(23-15-16-6-7-19(26-3)18(21)14-16)24-10-8-17(9-11-24)27-13-5-12-25-2;/h6-7,14,17H,4-5,8-13,15H2,1-3H3,(H,22,23);1H. The second kappa shape index (κ2) is 13.9. The summed E-state index contributed by atoms with van der Waals surface area (Å²) in [6, 6.07) is 4.96. The number of likely N-dealkylation sites (tertiary alicyclic amines) is 1. The molecule has 1 aliphatic heterocycles. The fourth-order valence-electron chi connectivity index (χ4n) is 3.09. The van der Waals surface area contributed by atoms with Gasteiger partial charge in [-0.1, -0.05) is 6.07 Å². The summed E-state index contributed by atoms with van der Waals surface area (Å²) in [5, 5.41) is 3.33. The summed E-state index contributed by atoms with van der Waals surface area (Å²) in [7, 11) is 3.17. The zero-order valence-electron chi connectivity index (χ0n) is 17.1. The Labute approximate surface area is 184 Å². The van der Waals surface area contributed by atoms with Crippen molar-refractivity contribution < 1.29 is 18.6 Å². The van der Waals surface area contributed by atoms with Crippen LogP contribution in [-0.4, -0.2) is 64.0 Å². The fraction of sp³-hybridized carbons (Fsp3) is 0.650. The van der Waals surface area contributed by atoms with Crippen LogP contribution in [0, 0.1) is 5.82 Å². The molecule has 1 aliphatic rings. The lowest BCUT2D eigenvalue weighted by Crippen LogP contribution is -2.47. The SMILES string of the molecule is CCNC(=NCc1ccc(OC)c(F)c1)N1CCC(OCCCOC)CC1.I. The lowest BCUT2D eigenvalue weighted by atomic mass is 10.1. The molecule has 0 bridgehead atoms. The van der Waals surface area contributed by atoms with Gasteiger partial charge in [0.1, 0.15) is 0 Å².